The third kappa shape index (κ3) is 4.29. The number of nitrogens with one attached hydrogen (secondary N) is 2. The number of anilines is 1. The predicted molar refractivity (Wildman–Crippen MR) is 137 cm³/mol. The zero-order valence-electron chi connectivity index (χ0n) is 20.3. The van der Waals surface area contributed by atoms with E-state index in [4.69, 9.17) is 0 Å². The summed E-state index contributed by atoms with van der Waals surface area (Å²) in [5, 5.41) is 14.0. The van der Waals surface area contributed by atoms with Gasteiger partial charge in [-0.05, 0) is 54.7 Å². The molecular weight excluding hydrogens is 426 g/mol. The van der Waals surface area contributed by atoms with Crippen LogP contribution in [0.5, 0.6) is 0 Å². The van der Waals surface area contributed by atoms with Crippen LogP contribution in [0, 0.1) is 0 Å². The molecule has 3 N–H and O–H groups in total. The van der Waals surface area contributed by atoms with E-state index in [1.807, 2.05) is 62.5 Å². The second-order valence-electron chi connectivity index (χ2n) is 9.89. The average molecular weight is 458 g/mol. The summed E-state index contributed by atoms with van der Waals surface area (Å²) in [4.78, 5) is 28.9. The number of H-pyrrole nitrogens is 1. The fraction of sp³-hybridized carbons (Fsp3) is 0.286. The van der Waals surface area contributed by atoms with Crippen LogP contribution in [-0.2, 0) is 12.0 Å². The first kappa shape index (κ1) is 23.5. The van der Waals surface area contributed by atoms with Gasteiger partial charge in [-0.3, -0.25) is 9.59 Å². The van der Waals surface area contributed by atoms with Gasteiger partial charge >= 0.3 is 0 Å². The van der Waals surface area contributed by atoms with Gasteiger partial charge in [0.15, 0.2) is 0 Å². The van der Waals surface area contributed by atoms with E-state index in [0.717, 1.165) is 22.1 Å². The second kappa shape index (κ2) is 8.95. The van der Waals surface area contributed by atoms with Crippen LogP contribution in [0.25, 0.3) is 22.0 Å². The van der Waals surface area contributed by atoms with Crippen LogP contribution in [0.2, 0.25) is 0 Å². The van der Waals surface area contributed by atoms with Gasteiger partial charge in [0.2, 0.25) is 0 Å². The highest BCUT2D eigenvalue weighted by molar-refractivity contribution is 6.05. The van der Waals surface area contributed by atoms with Crippen LogP contribution in [0.1, 0.15) is 62.1 Å². The zero-order valence-corrected chi connectivity index (χ0v) is 20.3. The third-order valence-corrected chi connectivity index (χ3v) is 6.20. The van der Waals surface area contributed by atoms with E-state index < -0.39 is 0 Å². The number of pyridine rings is 1. The van der Waals surface area contributed by atoms with Crippen molar-refractivity contribution >= 4 is 22.5 Å². The summed E-state index contributed by atoms with van der Waals surface area (Å²) in [5.41, 5.74) is 4.84. The lowest BCUT2D eigenvalue weighted by Gasteiger charge is -2.19. The number of fused-ring (bicyclic) bond motifs is 1. The summed E-state index contributed by atoms with van der Waals surface area (Å²) >= 11 is 0. The molecular formula is C28H31N3O3. The van der Waals surface area contributed by atoms with Crippen LogP contribution in [0.4, 0.5) is 5.69 Å². The Labute approximate surface area is 199 Å². The first-order valence-electron chi connectivity index (χ1n) is 11.5. The molecule has 0 aliphatic heterocycles. The molecule has 176 valence electrons. The average Bonchev–Trinajstić information content (AvgIpc) is 3.29. The smallest absolute Gasteiger partial charge is 0.275 e. The maximum atomic E-state index is 13.0. The van der Waals surface area contributed by atoms with Crippen molar-refractivity contribution < 1.29 is 9.90 Å². The lowest BCUT2D eigenvalue weighted by atomic mass is 9.86. The van der Waals surface area contributed by atoms with E-state index in [1.165, 1.54) is 0 Å². The number of carbonyl (C=O) groups is 1. The van der Waals surface area contributed by atoms with E-state index >= 15 is 0 Å². The van der Waals surface area contributed by atoms with Crippen LogP contribution < -0.4 is 10.9 Å². The molecule has 4 rings (SSSR count). The number of benzene rings is 2. The van der Waals surface area contributed by atoms with Crippen molar-refractivity contribution in [3.8, 4) is 11.1 Å². The highest BCUT2D eigenvalue weighted by Crippen LogP contribution is 2.34. The SMILES string of the molecule is CC(C)n1cc(-c2cccc(NC(=O)c3ccc(C(C)(C)C)cc3)c2CO)c2cc[nH]c2c1=O. The summed E-state index contributed by atoms with van der Waals surface area (Å²) < 4.78 is 1.68. The van der Waals surface area contributed by atoms with Crippen molar-refractivity contribution in [2.75, 3.05) is 5.32 Å². The quantitative estimate of drug-likeness (QED) is 0.363. The van der Waals surface area contributed by atoms with Gasteiger partial charge in [0.25, 0.3) is 11.5 Å². The first-order valence-corrected chi connectivity index (χ1v) is 11.5. The number of aliphatic hydroxyl groups excluding tert-OH is 1. The van der Waals surface area contributed by atoms with E-state index in [9.17, 15) is 14.7 Å². The van der Waals surface area contributed by atoms with Crippen LogP contribution >= 0.6 is 0 Å². The summed E-state index contributed by atoms with van der Waals surface area (Å²) in [7, 11) is 0. The number of hydrogen-bond donors (Lipinski definition) is 3. The number of amides is 1. The monoisotopic (exact) mass is 457 g/mol. The van der Waals surface area contributed by atoms with Gasteiger partial charge in [0.05, 0.1) is 6.61 Å². The van der Waals surface area contributed by atoms with Crippen LogP contribution in [0.15, 0.2) is 65.7 Å². The minimum atomic E-state index is -0.262. The first-order chi connectivity index (χ1) is 16.1. The molecule has 0 radical (unpaired) electrons. The highest BCUT2D eigenvalue weighted by Gasteiger charge is 2.19. The molecule has 1 amide bonds. The Morgan fingerprint density at radius 3 is 2.38 bits per heavy atom. The van der Waals surface area contributed by atoms with Gasteiger partial charge in [-0.1, -0.05) is 45.0 Å². The van der Waals surface area contributed by atoms with Crippen molar-refractivity contribution in [1.82, 2.24) is 9.55 Å². The highest BCUT2D eigenvalue weighted by atomic mass is 16.3. The third-order valence-electron chi connectivity index (χ3n) is 6.20. The maximum Gasteiger partial charge on any atom is 0.275 e. The zero-order chi connectivity index (χ0) is 24.6. The topological polar surface area (TPSA) is 87.1 Å². The molecule has 6 nitrogen and oxygen atoms in total. The lowest BCUT2D eigenvalue weighted by molar-refractivity contribution is 0.102. The molecule has 0 bridgehead atoms. The Morgan fingerprint density at radius 1 is 1.06 bits per heavy atom. The molecule has 0 aliphatic carbocycles. The molecule has 34 heavy (non-hydrogen) atoms. The van der Waals surface area contributed by atoms with E-state index in [-0.39, 0.29) is 29.5 Å². The predicted octanol–water partition coefficient (Wildman–Crippen LogP) is 5.62. The van der Waals surface area contributed by atoms with Gasteiger partial charge < -0.3 is 20.0 Å². The Morgan fingerprint density at radius 2 is 1.76 bits per heavy atom. The van der Waals surface area contributed by atoms with Gasteiger partial charge in [0.1, 0.15) is 5.52 Å². The molecule has 2 aromatic heterocycles. The number of carbonyl (C=O) groups excluding carboxylic acids is 1. The van der Waals surface area contributed by atoms with Gasteiger partial charge in [-0.15, -0.1) is 0 Å². The summed E-state index contributed by atoms with van der Waals surface area (Å²) in [6.45, 7) is 10.0. The van der Waals surface area contributed by atoms with E-state index in [0.29, 0.717) is 22.3 Å². The summed E-state index contributed by atoms with van der Waals surface area (Å²) in [6, 6.07) is 14.9. The fourth-order valence-corrected chi connectivity index (χ4v) is 4.21. The molecule has 0 atom stereocenters. The minimum Gasteiger partial charge on any atom is -0.392 e. The lowest BCUT2D eigenvalue weighted by Crippen LogP contribution is -2.22. The van der Waals surface area contributed by atoms with Crippen LogP contribution in [0.3, 0.4) is 0 Å². The molecule has 4 aromatic rings. The maximum absolute atomic E-state index is 13.0. The van der Waals surface area contributed by atoms with Gasteiger partial charge in [-0.2, -0.15) is 0 Å². The number of aliphatic hydroxyl groups is 1. The van der Waals surface area contributed by atoms with Crippen molar-refractivity contribution in [3.05, 3.63) is 88.0 Å². The molecule has 0 saturated heterocycles. The molecule has 2 aromatic carbocycles. The molecule has 0 aliphatic rings. The molecule has 6 heteroatoms. The van der Waals surface area contributed by atoms with Crippen LogP contribution in [-0.4, -0.2) is 20.6 Å². The van der Waals surface area contributed by atoms with E-state index in [2.05, 4.69) is 31.1 Å². The Balaban J connectivity index is 1.76. The Hall–Kier alpha value is -3.64. The standard InChI is InChI=1S/C28H31N3O3/c1-17(2)31-15-22(21-13-14-29-25(21)27(31)34)20-7-6-8-24(23(20)16-32)30-26(33)18-9-11-19(12-10-18)28(3,4)5/h6-15,17,29,32H,16H2,1-5H3,(H,30,33). The van der Waals surface area contributed by atoms with Crippen molar-refractivity contribution in [3.63, 3.8) is 0 Å². The molecule has 0 saturated carbocycles. The largest absolute Gasteiger partial charge is 0.392 e. The van der Waals surface area contributed by atoms with Crippen molar-refractivity contribution in [2.45, 2.75) is 52.7 Å². The number of hydrogen-bond acceptors (Lipinski definition) is 3. The Kier molecular flexibility index (Phi) is 6.19. The normalized spacial score (nSPS) is 11.9. The van der Waals surface area contributed by atoms with Gasteiger partial charge in [-0.25, -0.2) is 0 Å². The molecule has 0 unspecified atom stereocenters. The van der Waals surface area contributed by atoms with Crippen molar-refractivity contribution in [2.24, 2.45) is 0 Å². The fourth-order valence-electron chi connectivity index (χ4n) is 4.21. The molecule has 0 spiro atoms. The summed E-state index contributed by atoms with van der Waals surface area (Å²) in [6.07, 6.45) is 3.57. The van der Waals surface area contributed by atoms with Crippen molar-refractivity contribution in [1.29, 1.82) is 0 Å². The second-order valence-corrected chi connectivity index (χ2v) is 9.89. The minimum absolute atomic E-state index is 0.00342. The van der Waals surface area contributed by atoms with Gasteiger partial charge in [0, 0.05) is 46.2 Å². The number of aromatic nitrogens is 2. The van der Waals surface area contributed by atoms with E-state index in [1.54, 1.807) is 16.8 Å². The summed E-state index contributed by atoms with van der Waals surface area (Å²) in [5.74, 6) is -0.244. The number of aromatic amines is 1. The number of rotatable bonds is 5. The molecule has 0 fully saturated rings. The number of nitrogens with zero attached hydrogens (tertiary/aromatic N) is 1. The Bertz CT molecular complexity index is 1400. The molecule has 2 heterocycles.